The third-order valence-corrected chi connectivity index (χ3v) is 5.54. The van der Waals surface area contributed by atoms with Gasteiger partial charge in [-0.3, -0.25) is 4.90 Å². The Balaban J connectivity index is 1.25. The lowest BCUT2D eigenvalue weighted by Crippen LogP contribution is -2.29. The van der Waals surface area contributed by atoms with Gasteiger partial charge in [-0.25, -0.2) is 15.0 Å². The van der Waals surface area contributed by atoms with E-state index < -0.39 is 0 Å². The zero-order valence-electron chi connectivity index (χ0n) is 14.4. The van der Waals surface area contributed by atoms with Crippen LogP contribution in [0.25, 0.3) is 11.0 Å². The summed E-state index contributed by atoms with van der Waals surface area (Å²) in [6, 6.07) is 8.24. The van der Waals surface area contributed by atoms with Crippen LogP contribution in [0.3, 0.4) is 0 Å². The van der Waals surface area contributed by atoms with Crippen LogP contribution in [0.1, 0.15) is 11.4 Å². The second-order valence-electron chi connectivity index (χ2n) is 7.35. The molecular weight excluding hydrogens is 312 g/mol. The van der Waals surface area contributed by atoms with E-state index in [-0.39, 0.29) is 0 Å². The number of rotatable bonds is 3. The Morgan fingerprint density at radius 1 is 1.12 bits per heavy atom. The van der Waals surface area contributed by atoms with Gasteiger partial charge in [0.1, 0.15) is 18.0 Å². The minimum absolute atomic E-state index is 0.721. The van der Waals surface area contributed by atoms with Crippen molar-refractivity contribution in [3.63, 3.8) is 0 Å². The van der Waals surface area contributed by atoms with Gasteiger partial charge in [0.25, 0.3) is 0 Å². The molecule has 4 heterocycles. The van der Waals surface area contributed by atoms with E-state index in [1.807, 2.05) is 18.3 Å². The molecule has 2 atom stereocenters. The number of nitrogens with one attached hydrogen (secondary N) is 1. The number of benzene rings is 1. The van der Waals surface area contributed by atoms with Crippen molar-refractivity contribution >= 4 is 16.9 Å². The molecule has 128 valence electrons. The summed E-state index contributed by atoms with van der Waals surface area (Å²) < 4.78 is 0. The molecule has 0 amide bonds. The Bertz CT molecular complexity index is 857. The van der Waals surface area contributed by atoms with Gasteiger partial charge in [0.2, 0.25) is 0 Å². The van der Waals surface area contributed by atoms with E-state index >= 15 is 0 Å². The predicted octanol–water partition coefficient (Wildman–Crippen LogP) is 2.23. The van der Waals surface area contributed by atoms with Gasteiger partial charge >= 0.3 is 0 Å². The van der Waals surface area contributed by atoms with Gasteiger partial charge in [-0.15, -0.1) is 0 Å². The van der Waals surface area contributed by atoms with Crippen molar-refractivity contribution in [2.45, 2.75) is 13.5 Å². The molecule has 2 unspecified atom stereocenters. The van der Waals surface area contributed by atoms with Crippen LogP contribution < -0.4 is 4.90 Å². The van der Waals surface area contributed by atoms with Crippen LogP contribution in [-0.4, -0.2) is 51.0 Å². The first-order chi connectivity index (χ1) is 12.3. The summed E-state index contributed by atoms with van der Waals surface area (Å²) in [6.45, 7) is 7.48. The van der Waals surface area contributed by atoms with Crippen LogP contribution in [-0.2, 0) is 6.54 Å². The Hall–Kier alpha value is -2.47. The van der Waals surface area contributed by atoms with Gasteiger partial charge in [-0.2, -0.15) is 0 Å². The van der Waals surface area contributed by atoms with Crippen LogP contribution in [0.15, 0.2) is 36.8 Å². The number of imidazole rings is 1. The number of anilines is 1. The van der Waals surface area contributed by atoms with Gasteiger partial charge in [0, 0.05) is 37.9 Å². The van der Waals surface area contributed by atoms with E-state index in [1.165, 1.54) is 5.56 Å². The molecule has 2 aromatic heterocycles. The Labute approximate surface area is 146 Å². The van der Waals surface area contributed by atoms with E-state index in [2.05, 4.69) is 43.8 Å². The average Bonchev–Trinajstić information content (AvgIpc) is 3.27. The van der Waals surface area contributed by atoms with Gasteiger partial charge < -0.3 is 9.88 Å². The standard InChI is InChI=1S/C19H22N6/c1-13-6-20-12-21-19(13)25-9-14-7-24(8-15(14)10-25)11-18-22-16-4-2-3-5-17(16)23-18/h2-6,12,14-15H,7-11H2,1H3,(H,22,23). The number of para-hydroxylation sites is 2. The number of hydrogen-bond acceptors (Lipinski definition) is 5. The van der Waals surface area contributed by atoms with Crippen molar-refractivity contribution < 1.29 is 0 Å². The highest BCUT2D eigenvalue weighted by molar-refractivity contribution is 5.74. The number of fused-ring (bicyclic) bond motifs is 2. The summed E-state index contributed by atoms with van der Waals surface area (Å²) in [6.07, 6.45) is 3.56. The topological polar surface area (TPSA) is 60.9 Å². The lowest BCUT2D eigenvalue weighted by Gasteiger charge is -2.22. The zero-order chi connectivity index (χ0) is 16.8. The predicted molar refractivity (Wildman–Crippen MR) is 97.3 cm³/mol. The summed E-state index contributed by atoms with van der Waals surface area (Å²) in [5.74, 6) is 3.62. The van der Waals surface area contributed by atoms with Crippen LogP contribution in [0.5, 0.6) is 0 Å². The molecule has 3 aromatic rings. The fraction of sp³-hybridized carbons (Fsp3) is 0.421. The minimum atomic E-state index is 0.721. The van der Waals surface area contributed by atoms with Gasteiger partial charge in [0.15, 0.2) is 0 Å². The first-order valence-corrected chi connectivity index (χ1v) is 8.94. The molecule has 1 aromatic carbocycles. The molecule has 25 heavy (non-hydrogen) atoms. The van der Waals surface area contributed by atoms with Crippen LogP contribution in [0.4, 0.5) is 5.82 Å². The van der Waals surface area contributed by atoms with Crippen molar-refractivity contribution in [3.8, 4) is 0 Å². The monoisotopic (exact) mass is 334 g/mol. The minimum Gasteiger partial charge on any atom is -0.356 e. The second-order valence-corrected chi connectivity index (χ2v) is 7.35. The Morgan fingerprint density at radius 3 is 2.68 bits per heavy atom. The SMILES string of the molecule is Cc1cncnc1N1CC2CN(Cc3nc4ccccc4[nH]3)CC2C1. The molecule has 0 radical (unpaired) electrons. The Morgan fingerprint density at radius 2 is 1.92 bits per heavy atom. The fourth-order valence-corrected chi connectivity index (χ4v) is 4.41. The molecule has 2 aliphatic rings. The number of aromatic nitrogens is 4. The summed E-state index contributed by atoms with van der Waals surface area (Å²) in [7, 11) is 0. The molecule has 0 spiro atoms. The van der Waals surface area contributed by atoms with Crippen LogP contribution in [0.2, 0.25) is 0 Å². The summed E-state index contributed by atoms with van der Waals surface area (Å²) >= 11 is 0. The molecule has 0 bridgehead atoms. The lowest BCUT2D eigenvalue weighted by molar-refractivity contribution is 0.302. The molecule has 2 saturated heterocycles. The summed E-state index contributed by atoms with van der Waals surface area (Å²) in [5, 5.41) is 0. The normalized spacial score (nSPS) is 23.5. The maximum absolute atomic E-state index is 4.72. The number of hydrogen-bond donors (Lipinski definition) is 1. The van der Waals surface area contributed by atoms with E-state index in [9.17, 15) is 0 Å². The third kappa shape index (κ3) is 2.66. The number of H-pyrrole nitrogens is 1. The van der Waals surface area contributed by atoms with Crippen LogP contribution in [0, 0.1) is 18.8 Å². The molecule has 5 rings (SSSR count). The van der Waals surface area contributed by atoms with Crippen molar-refractivity contribution in [1.29, 1.82) is 0 Å². The lowest BCUT2D eigenvalue weighted by atomic mass is 10.0. The molecule has 1 N–H and O–H groups in total. The van der Waals surface area contributed by atoms with Crippen molar-refractivity contribution in [2.75, 3.05) is 31.1 Å². The quantitative estimate of drug-likeness (QED) is 0.796. The zero-order valence-corrected chi connectivity index (χ0v) is 14.4. The summed E-state index contributed by atoms with van der Waals surface area (Å²) in [5.41, 5.74) is 3.35. The van der Waals surface area contributed by atoms with Gasteiger partial charge in [-0.05, 0) is 30.9 Å². The number of likely N-dealkylation sites (tertiary alicyclic amines) is 1. The molecule has 2 fully saturated rings. The second kappa shape index (κ2) is 5.81. The highest BCUT2D eigenvalue weighted by atomic mass is 15.3. The first-order valence-electron chi connectivity index (χ1n) is 8.94. The largest absolute Gasteiger partial charge is 0.356 e. The third-order valence-electron chi connectivity index (χ3n) is 5.54. The average molecular weight is 334 g/mol. The van der Waals surface area contributed by atoms with E-state index in [4.69, 9.17) is 4.98 Å². The summed E-state index contributed by atoms with van der Waals surface area (Å²) in [4.78, 5) is 21.7. The van der Waals surface area contributed by atoms with E-state index in [0.29, 0.717) is 0 Å². The molecule has 0 aliphatic carbocycles. The number of aryl methyl sites for hydroxylation is 1. The van der Waals surface area contributed by atoms with Gasteiger partial charge in [-0.1, -0.05) is 12.1 Å². The fourth-order valence-electron chi connectivity index (χ4n) is 4.41. The van der Waals surface area contributed by atoms with E-state index in [1.54, 1.807) is 6.33 Å². The highest BCUT2D eigenvalue weighted by Gasteiger charge is 2.40. The van der Waals surface area contributed by atoms with Crippen molar-refractivity contribution in [3.05, 3.63) is 48.2 Å². The number of nitrogens with zero attached hydrogens (tertiary/aromatic N) is 5. The van der Waals surface area contributed by atoms with Crippen LogP contribution >= 0.6 is 0 Å². The molecule has 6 heteroatoms. The molecular formula is C19H22N6. The number of aromatic amines is 1. The van der Waals surface area contributed by atoms with Gasteiger partial charge in [0.05, 0.1) is 17.6 Å². The molecule has 6 nitrogen and oxygen atoms in total. The van der Waals surface area contributed by atoms with Crippen molar-refractivity contribution in [2.24, 2.45) is 11.8 Å². The van der Waals surface area contributed by atoms with E-state index in [0.717, 1.165) is 67.2 Å². The van der Waals surface area contributed by atoms with Crippen molar-refractivity contribution in [1.82, 2.24) is 24.8 Å². The molecule has 2 aliphatic heterocycles. The highest BCUT2D eigenvalue weighted by Crippen LogP contribution is 2.34. The maximum Gasteiger partial charge on any atom is 0.134 e. The smallest absolute Gasteiger partial charge is 0.134 e. The molecule has 0 saturated carbocycles. The Kier molecular flexibility index (Phi) is 3.45. The maximum atomic E-state index is 4.72. The first kappa shape index (κ1) is 14.8.